The number of nitrogens with two attached hydrogens (primary N) is 1. The maximum Gasteiger partial charge on any atom is 0.133 e. The number of aromatic nitrogens is 1. The lowest BCUT2D eigenvalue weighted by Gasteiger charge is -2.21. The van der Waals surface area contributed by atoms with Crippen LogP contribution in [0.25, 0.3) is 0 Å². The second-order valence-electron chi connectivity index (χ2n) is 3.58. The molecule has 0 radical (unpaired) electrons. The molecule has 1 unspecified atom stereocenters. The molecule has 2 heterocycles. The van der Waals surface area contributed by atoms with E-state index in [1.165, 1.54) is 0 Å². The van der Waals surface area contributed by atoms with Gasteiger partial charge >= 0.3 is 0 Å². The molecular formula is C11H15N3. The molecule has 0 spiro atoms. The Morgan fingerprint density at radius 3 is 2.79 bits per heavy atom. The summed E-state index contributed by atoms with van der Waals surface area (Å²) in [6, 6.07) is 4.02. The largest absolute Gasteiger partial charge is 0.349 e. The minimum absolute atomic E-state index is 0.0410. The topological polar surface area (TPSA) is 42.1 Å². The van der Waals surface area contributed by atoms with Crippen LogP contribution in [-0.4, -0.2) is 18.1 Å². The Bertz CT molecular complexity index is 336. The van der Waals surface area contributed by atoms with E-state index >= 15 is 0 Å². The van der Waals surface area contributed by atoms with Crippen LogP contribution in [0.4, 0.5) is 5.82 Å². The zero-order chi connectivity index (χ0) is 9.97. The average Bonchev–Trinajstić information content (AvgIpc) is 2.70. The molecule has 0 saturated carbocycles. The highest BCUT2D eigenvalue weighted by Crippen LogP contribution is 2.23. The first kappa shape index (κ1) is 9.21. The van der Waals surface area contributed by atoms with Crippen molar-refractivity contribution in [2.24, 2.45) is 5.73 Å². The fraction of sp³-hybridized carbons (Fsp3) is 0.364. The number of pyridine rings is 1. The predicted octanol–water partition coefficient (Wildman–Crippen LogP) is 1.48. The Hall–Kier alpha value is -1.35. The molecule has 1 aliphatic rings. The van der Waals surface area contributed by atoms with E-state index in [9.17, 15) is 0 Å². The van der Waals surface area contributed by atoms with Crippen LogP contribution < -0.4 is 10.6 Å². The van der Waals surface area contributed by atoms with Crippen LogP contribution in [0.2, 0.25) is 0 Å². The van der Waals surface area contributed by atoms with Crippen LogP contribution in [0.3, 0.4) is 0 Å². The first-order chi connectivity index (χ1) is 6.79. The second-order valence-corrected chi connectivity index (χ2v) is 3.58. The van der Waals surface area contributed by atoms with Crippen LogP contribution in [0.1, 0.15) is 18.5 Å². The Morgan fingerprint density at radius 1 is 1.43 bits per heavy atom. The third kappa shape index (κ3) is 1.63. The van der Waals surface area contributed by atoms with Crippen LogP contribution in [0.5, 0.6) is 0 Å². The lowest BCUT2D eigenvalue weighted by molar-refractivity contribution is 0.797. The van der Waals surface area contributed by atoms with Gasteiger partial charge in [0, 0.05) is 30.9 Å². The Labute approximate surface area is 84.2 Å². The quantitative estimate of drug-likeness (QED) is 0.716. The number of nitrogens with zero attached hydrogens (tertiary/aromatic N) is 2. The average molecular weight is 189 g/mol. The Balaban J connectivity index is 2.31. The second kappa shape index (κ2) is 3.80. The minimum atomic E-state index is 0.0410. The number of hydrogen-bond donors (Lipinski definition) is 1. The van der Waals surface area contributed by atoms with Gasteiger partial charge in [0.1, 0.15) is 5.82 Å². The van der Waals surface area contributed by atoms with Crippen molar-refractivity contribution in [3.63, 3.8) is 0 Å². The molecule has 0 saturated heterocycles. The summed E-state index contributed by atoms with van der Waals surface area (Å²) in [6.07, 6.45) is 6.12. The fourth-order valence-corrected chi connectivity index (χ4v) is 1.68. The molecular weight excluding hydrogens is 174 g/mol. The molecule has 0 aliphatic carbocycles. The number of anilines is 1. The molecule has 1 aromatic heterocycles. The third-order valence-electron chi connectivity index (χ3n) is 2.43. The summed E-state index contributed by atoms with van der Waals surface area (Å²) < 4.78 is 0. The van der Waals surface area contributed by atoms with Gasteiger partial charge in [-0.25, -0.2) is 4.98 Å². The van der Waals surface area contributed by atoms with Crippen LogP contribution in [0.15, 0.2) is 30.5 Å². The highest BCUT2D eigenvalue weighted by atomic mass is 15.2. The Kier molecular flexibility index (Phi) is 2.50. The molecule has 14 heavy (non-hydrogen) atoms. The molecule has 0 bridgehead atoms. The summed E-state index contributed by atoms with van der Waals surface area (Å²) in [5.74, 6) is 1.02. The van der Waals surface area contributed by atoms with Gasteiger partial charge in [0.05, 0.1) is 0 Å². The zero-order valence-electron chi connectivity index (χ0n) is 8.35. The van der Waals surface area contributed by atoms with E-state index in [1.54, 1.807) is 0 Å². The third-order valence-corrected chi connectivity index (χ3v) is 2.43. The van der Waals surface area contributed by atoms with Crippen molar-refractivity contribution >= 4 is 5.82 Å². The van der Waals surface area contributed by atoms with Crippen molar-refractivity contribution in [2.75, 3.05) is 18.0 Å². The lowest BCUT2D eigenvalue weighted by Crippen LogP contribution is -2.23. The van der Waals surface area contributed by atoms with Crippen molar-refractivity contribution in [3.8, 4) is 0 Å². The van der Waals surface area contributed by atoms with E-state index in [1.807, 2.05) is 25.3 Å². The molecule has 1 aliphatic heterocycles. The molecule has 3 nitrogen and oxygen atoms in total. The van der Waals surface area contributed by atoms with E-state index in [-0.39, 0.29) is 6.04 Å². The van der Waals surface area contributed by atoms with E-state index in [0.717, 1.165) is 24.5 Å². The molecule has 74 valence electrons. The van der Waals surface area contributed by atoms with Crippen molar-refractivity contribution in [1.29, 1.82) is 0 Å². The fourth-order valence-electron chi connectivity index (χ4n) is 1.68. The van der Waals surface area contributed by atoms with E-state index in [2.05, 4.69) is 22.0 Å². The minimum Gasteiger partial charge on any atom is -0.349 e. The van der Waals surface area contributed by atoms with Crippen molar-refractivity contribution < 1.29 is 0 Å². The first-order valence-electron chi connectivity index (χ1n) is 4.89. The molecule has 3 heteroatoms. The summed E-state index contributed by atoms with van der Waals surface area (Å²) in [4.78, 5) is 6.61. The van der Waals surface area contributed by atoms with E-state index in [4.69, 9.17) is 5.73 Å². The van der Waals surface area contributed by atoms with Gasteiger partial charge < -0.3 is 10.6 Å². The first-order valence-corrected chi connectivity index (χ1v) is 4.89. The van der Waals surface area contributed by atoms with Crippen molar-refractivity contribution in [3.05, 3.63) is 36.0 Å². The molecule has 2 N–H and O–H groups in total. The maximum absolute atomic E-state index is 5.90. The summed E-state index contributed by atoms with van der Waals surface area (Å²) >= 11 is 0. The van der Waals surface area contributed by atoms with Gasteiger partial charge in [0.2, 0.25) is 0 Å². The summed E-state index contributed by atoms with van der Waals surface area (Å²) in [5.41, 5.74) is 7.02. The van der Waals surface area contributed by atoms with Crippen LogP contribution >= 0.6 is 0 Å². The lowest BCUT2D eigenvalue weighted by atomic mass is 10.1. The van der Waals surface area contributed by atoms with Crippen LogP contribution in [-0.2, 0) is 0 Å². The number of hydrogen-bond acceptors (Lipinski definition) is 3. The molecule has 1 atom stereocenters. The summed E-state index contributed by atoms with van der Waals surface area (Å²) in [5, 5.41) is 0. The summed E-state index contributed by atoms with van der Waals surface area (Å²) in [6.45, 7) is 3.87. The van der Waals surface area contributed by atoms with Gasteiger partial charge in [-0.3, -0.25) is 0 Å². The Morgan fingerprint density at radius 2 is 2.14 bits per heavy atom. The van der Waals surface area contributed by atoms with Crippen molar-refractivity contribution in [2.45, 2.75) is 13.0 Å². The van der Waals surface area contributed by atoms with Gasteiger partial charge in [-0.2, -0.15) is 0 Å². The van der Waals surface area contributed by atoms with Gasteiger partial charge in [-0.1, -0.05) is 18.2 Å². The van der Waals surface area contributed by atoms with Crippen LogP contribution in [0, 0.1) is 0 Å². The van der Waals surface area contributed by atoms with Gasteiger partial charge in [0.15, 0.2) is 0 Å². The predicted molar refractivity (Wildman–Crippen MR) is 58.2 cm³/mol. The molecule has 0 amide bonds. The zero-order valence-corrected chi connectivity index (χ0v) is 8.35. The molecule has 1 aromatic rings. The maximum atomic E-state index is 5.90. The van der Waals surface area contributed by atoms with Crippen molar-refractivity contribution in [1.82, 2.24) is 4.98 Å². The summed E-state index contributed by atoms with van der Waals surface area (Å²) in [7, 11) is 0. The highest BCUT2D eigenvalue weighted by Gasteiger charge is 2.14. The van der Waals surface area contributed by atoms with Gasteiger partial charge in [-0.15, -0.1) is 0 Å². The van der Waals surface area contributed by atoms with E-state index in [0.29, 0.717) is 0 Å². The normalized spacial score (nSPS) is 17.4. The standard InChI is InChI=1S/C11H15N3/c1-9(12)10-5-4-6-13-11(10)14-7-2-3-8-14/h2-6,9H,7-8,12H2,1H3. The SMILES string of the molecule is CC(N)c1cccnc1N1CC=CC1. The molecule has 0 aromatic carbocycles. The van der Waals surface area contributed by atoms with E-state index < -0.39 is 0 Å². The number of rotatable bonds is 2. The highest BCUT2D eigenvalue weighted by molar-refractivity contribution is 5.50. The molecule has 2 rings (SSSR count). The van der Waals surface area contributed by atoms with Gasteiger partial charge in [-0.05, 0) is 13.0 Å². The smallest absolute Gasteiger partial charge is 0.133 e. The molecule has 0 fully saturated rings. The van der Waals surface area contributed by atoms with Gasteiger partial charge in [0.25, 0.3) is 0 Å². The monoisotopic (exact) mass is 189 g/mol.